The van der Waals surface area contributed by atoms with Gasteiger partial charge in [0, 0.05) is 35.6 Å². The highest BCUT2D eigenvalue weighted by atomic mass is 35.5. The first-order chi connectivity index (χ1) is 9.81. The summed E-state index contributed by atoms with van der Waals surface area (Å²) in [4.78, 5) is 4.01. The second-order valence-electron chi connectivity index (χ2n) is 5.06. The number of nitrogens with zero attached hydrogens (tertiary/aromatic N) is 2. The maximum absolute atomic E-state index is 6.07. The quantitative estimate of drug-likeness (QED) is 0.852. The molecule has 106 valence electrons. The summed E-state index contributed by atoms with van der Waals surface area (Å²) in [7, 11) is 0. The van der Waals surface area contributed by atoms with Crippen molar-refractivity contribution >= 4 is 11.6 Å². The van der Waals surface area contributed by atoms with Gasteiger partial charge in [0.2, 0.25) is 0 Å². The van der Waals surface area contributed by atoms with Crippen LogP contribution >= 0.6 is 11.6 Å². The van der Waals surface area contributed by atoms with Gasteiger partial charge in [0.05, 0.1) is 12.9 Å². The Balaban J connectivity index is 1.58. The van der Waals surface area contributed by atoms with Crippen LogP contribution in [0.3, 0.4) is 0 Å². The monoisotopic (exact) mass is 291 g/mol. The van der Waals surface area contributed by atoms with Crippen molar-refractivity contribution in [2.24, 2.45) is 0 Å². The summed E-state index contributed by atoms with van der Waals surface area (Å²) < 4.78 is 7.87. The number of imidazole rings is 1. The molecule has 3 rings (SSSR count). The SMILES string of the molecule is Clc1ccc(OCCn2ccnc2)c(CNC2CC2)c1. The third-order valence-electron chi connectivity index (χ3n) is 3.35. The lowest BCUT2D eigenvalue weighted by Crippen LogP contribution is -2.16. The minimum Gasteiger partial charge on any atom is -0.491 e. The van der Waals surface area contributed by atoms with Gasteiger partial charge in [-0.1, -0.05) is 11.6 Å². The Morgan fingerprint density at radius 2 is 2.30 bits per heavy atom. The van der Waals surface area contributed by atoms with Crippen molar-refractivity contribution in [3.8, 4) is 5.75 Å². The molecule has 20 heavy (non-hydrogen) atoms. The molecule has 0 unspecified atom stereocenters. The van der Waals surface area contributed by atoms with Gasteiger partial charge < -0.3 is 14.6 Å². The molecule has 1 saturated carbocycles. The first-order valence-corrected chi connectivity index (χ1v) is 7.29. The van der Waals surface area contributed by atoms with E-state index in [0.29, 0.717) is 12.6 Å². The van der Waals surface area contributed by atoms with E-state index in [4.69, 9.17) is 16.3 Å². The molecule has 0 aliphatic heterocycles. The van der Waals surface area contributed by atoms with E-state index in [1.807, 2.05) is 29.0 Å². The highest BCUT2D eigenvalue weighted by molar-refractivity contribution is 6.30. The van der Waals surface area contributed by atoms with E-state index in [9.17, 15) is 0 Å². The van der Waals surface area contributed by atoms with Crippen LogP contribution in [0, 0.1) is 0 Å². The number of nitrogens with one attached hydrogen (secondary N) is 1. The van der Waals surface area contributed by atoms with Gasteiger partial charge in [-0.3, -0.25) is 0 Å². The maximum Gasteiger partial charge on any atom is 0.123 e. The number of aromatic nitrogens is 2. The maximum atomic E-state index is 6.07. The molecule has 1 aliphatic carbocycles. The lowest BCUT2D eigenvalue weighted by atomic mass is 10.2. The van der Waals surface area contributed by atoms with Crippen LogP contribution in [0.25, 0.3) is 0 Å². The van der Waals surface area contributed by atoms with Crippen molar-refractivity contribution < 1.29 is 4.74 Å². The number of benzene rings is 1. The van der Waals surface area contributed by atoms with Gasteiger partial charge in [-0.15, -0.1) is 0 Å². The van der Waals surface area contributed by atoms with Crippen LogP contribution in [-0.4, -0.2) is 22.2 Å². The van der Waals surface area contributed by atoms with Gasteiger partial charge in [0.25, 0.3) is 0 Å². The molecule has 0 saturated heterocycles. The zero-order valence-corrected chi connectivity index (χ0v) is 12.0. The van der Waals surface area contributed by atoms with Crippen molar-refractivity contribution in [3.63, 3.8) is 0 Å². The Bertz CT molecular complexity index is 552. The third kappa shape index (κ3) is 3.74. The summed E-state index contributed by atoms with van der Waals surface area (Å²) >= 11 is 6.07. The highest BCUT2D eigenvalue weighted by Crippen LogP contribution is 2.25. The molecule has 4 nitrogen and oxygen atoms in total. The predicted molar refractivity (Wildman–Crippen MR) is 79.0 cm³/mol. The molecular weight excluding hydrogens is 274 g/mol. The first kappa shape index (κ1) is 13.5. The third-order valence-corrected chi connectivity index (χ3v) is 3.58. The van der Waals surface area contributed by atoms with Crippen molar-refractivity contribution in [2.75, 3.05) is 6.61 Å². The molecule has 1 N–H and O–H groups in total. The largest absolute Gasteiger partial charge is 0.491 e. The van der Waals surface area contributed by atoms with Crippen LogP contribution in [0.2, 0.25) is 5.02 Å². The molecule has 2 aromatic rings. The van der Waals surface area contributed by atoms with Gasteiger partial charge in [-0.25, -0.2) is 4.98 Å². The smallest absolute Gasteiger partial charge is 0.123 e. The Labute approximate surface area is 123 Å². The van der Waals surface area contributed by atoms with Gasteiger partial charge in [0.15, 0.2) is 0 Å². The van der Waals surface area contributed by atoms with Crippen molar-refractivity contribution in [1.82, 2.24) is 14.9 Å². The van der Waals surface area contributed by atoms with Gasteiger partial charge >= 0.3 is 0 Å². The second-order valence-corrected chi connectivity index (χ2v) is 5.49. The molecule has 0 atom stereocenters. The molecule has 1 aromatic heterocycles. The lowest BCUT2D eigenvalue weighted by molar-refractivity contribution is 0.294. The van der Waals surface area contributed by atoms with Gasteiger partial charge in [0.1, 0.15) is 12.4 Å². The van der Waals surface area contributed by atoms with E-state index in [2.05, 4.69) is 10.3 Å². The molecule has 1 aliphatic rings. The topological polar surface area (TPSA) is 39.1 Å². The normalized spacial score (nSPS) is 14.4. The van der Waals surface area contributed by atoms with Crippen molar-refractivity contribution in [3.05, 3.63) is 47.5 Å². The Hall–Kier alpha value is -1.52. The first-order valence-electron chi connectivity index (χ1n) is 6.91. The Morgan fingerprint density at radius 3 is 3.05 bits per heavy atom. The van der Waals surface area contributed by atoms with Crippen LogP contribution < -0.4 is 10.1 Å². The molecule has 5 heteroatoms. The van der Waals surface area contributed by atoms with Crippen molar-refractivity contribution in [1.29, 1.82) is 0 Å². The lowest BCUT2D eigenvalue weighted by Gasteiger charge is -2.13. The molecule has 1 heterocycles. The standard InChI is InChI=1S/C15H18ClN3O/c16-13-1-4-15(12(9-13)10-18-14-2-3-14)20-8-7-19-6-5-17-11-19/h1,4-6,9,11,14,18H,2-3,7-8,10H2. The zero-order chi connectivity index (χ0) is 13.8. The van der Waals surface area contributed by atoms with Crippen molar-refractivity contribution in [2.45, 2.75) is 32.0 Å². The highest BCUT2D eigenvalue weighted by Gasteiger charge is 2.20. The molecule has 1 aromatic carbocycles. The van der Waals surface area contributed by atoms with Gasteiger partial charge in [-0.2, -0.15) is 0 Å². The summed E-state index contributed by atoms with van der Waals surface area (Å²) in [6.07, 6.45) is 8.05. The van der Waals surface area contributed by atoms with E-state index in [0.717, 1.165) is 29.4 Å². The van der Waals surface area contributed by atoms with E-state index in [1.54, 1.807) is 12.5 Å². The number of rotatable bonds is 7. The average Bonchev–Trinajstić information content (AvgIpc) is 3.13. The predicted octanol–water partition coefficient (Wildman–Crippen LogP) is 2.87. The molecule has 0 radical (unpaired) electrons. The fourth-order valence-electron chi connectivity index (χ4n) is 2.05. The van der Waals surface area contributed by atoms with E-state index in [-0.39, 0.29) is 0 Å². The van der Waals surface area contributed by atoms with E-state index >= 15 is 0 Å². The van der Waals surface area contributed by atoms with Crippen LogP contribution in [0.5, 0.6) is 5.75 Å². The van der Waals surface area contributed by atoms with Crippen LogP contribution in [-0.2, 0) is 13.1 Å². The summed E-state index contributed by atoms with van der Waals surface area (Å²) in [6.45, 7) is 2.22. The summed E-state index contributed by atoms with van der Waals surface area (Å²) in [5.41, 5.74) is 1.12. The minimum absolute atomic E-state index is 0.619. The summed E-state index contributed by atoms with van der Waals surface area (Å²) in [5.74, 6) is 0.905. The summed E-state index contributed by atoms with van der Waals surface area (Å²) in [6, 6.07) is 6.46. The number of hydrogen-bond acceptors (Lipinski definition) is 3. The fourth-order valence-corrected chi connectivity index (χ4v) is 2.24. The molecule has 1 fully saturated rings. The number of halogens is 1. The van der Waals surface area contributed by atoms with E-state index in [1.165, 1.54) is 12.8 Å². The van der Waals surface area contributed by atoms with Crippen LogP contribution in [0.15, 0.2) is 36.9 Å². The number of hydrogen-bond donors (Lipinski definition) is 1. The van der Waals surface area contributed by atoms with E-state index < -0.39 is 0 Å². The molecule has 0 spiro atoms. The van der Waals surface area contributed by atoms with Gasteiger partial charge in [-0.05, 0) is 31.0 Å². The minimum atomic E-state index is 0.619. The summed E-state index contributed by atoms with van der Waals surface area (Å²) in [5, 5.41) is 4.24. The second kappa shape index (κ2) is 6.29. The number of ether oxygens (including phenoxy) is 1. The van der Waals surface area contributed by atoms with Crippen LogP contribution in [0.1, 0.15) is 18.4 Å². The Kier molecular flexibility index (Phi) is 4.23. The molecular formula is C15H18ClN3O. The fraction of sp³-hybridized carbons (Fsp3) is 0.400. The van der Waals surface area contributed by atoms with Crippen LogP contribution in [0.4, 0.5) is 0 Å². The Morgan fingerprint density at radius 1 is 1.40 bits per heavy atom. The molecule has 0 bridgehead atoms. The molecule has 0 amide bonds. The average molecular weight is 292 g/mol. The zero-order valence-electron chi connectivity index (χ0n) is 11.3.